The minimum absolute atomic E-state index is 0.124. The lowest BCUT2D eigenvalue weighted by Crippen LogP contribution is -2.29. The maximum atomic E-state index is 5.24. The second-order valence-corrected chi connectivity index (χ2v) is 7.39. The molecule has 2 rings (SSSR count). The van der Waals surface area contributed by atoms with Gasteiger partial charge in [0.2, 0.25) is 0 Å². The van der Waals surface area contributed by atoms with Gasteiger partial charge in [-0.2, -0.15) is 0 Å². The predicted molar refractivity (Wildman–Crippen MR) is 95.6 cm³/mol. The van der Waals surface area contributed by atoms with Crippen molar-refractivity contribution in [3.63, 3.8) is 0 Å². The van der Waals surface area contributed by atoms with E-state index in [9.17, 15) is 0 Å². The molecule has 20 heavy (non-hydrogen) atoms. The number of methoxy groups -OCH3 is 2. The first-order valence-corrected chi connectivity index (χ1v) is 9.01. The van der Waals surface area contributed by atoms with Crippen molar-refractivity contribution < 1.29 is 9.47 Å². The molecule has 0 saturated heterocycles. The Bertz CT molecular complexity index is 504. The SMILES string of the molecule is COc1ccc(C([SiH3])(CI)c2ccc(OC)cc2)cc1. The Hall–Kier alpha value is -1.01. The first kappa shape index (κ1) is 15.4. The highest BCUT2D eigenvalue weighted by atomic mass is 127. The van der Waals surface area contributed by atoms with Gasteiger partial charge in [-0.3, -0.25) is 0 Å². The Morgan fingerprint density at radius 2 is 1.20 bits per heavy atom. The Labute approximate surface area is 137 Å². The van der Waals surface area contributed by atoms with E-state index in [0.29, 0.717) is 0 Å². The van der Waals surface area contributed by atoms with Crippen LogP contribution in [0.3, 0.4) is 0 Å². The summed E-state index contributed by atoms with van der Waals surface area (Å²) in [5.41, 5.74) is 2.70. The fraction of sp³-hybridized carbons (Fsp3) is 0.250. The summed E-state index contributed by atoms with van der Waals surface area (Å²) in [5.74, 6) is 1.81. The standard InChI is InChI=1S/C16H19IO2Si/c1-18-14-7-3-12(4-8-14)16(20,11-17)13-5-9-15(19-2)10-6-13/h3-10H,11H2,1-2,20H3. The van der Waals surface area contributed by atoms with Crippen LogP contribution in [0.5, 0.6) is 11.5 Å². The lowest BCUT2D eigenvalue weighted by Gasteiger charge is -2.29. The van der Waals surface area contributed by atoms with E-state index >= 15 is 0 Å². The van der Waals surface area contributed by atoms with Crippen molar-refractivity contribution in [1.29, 1.82) is 0 Å². The largest absolute Gasteiger partial charge is 0.497 e. The summed E-state index contributed by atoms with van der Waals surface area (Å²) in [6.45, 7) is 0. The van der Waals surface area contributed by atoms with Crippen LogP contribution in [-0.4, -0.2) is 28.9 Å². The highest BCUT2D eigenvalue weighted by Crippen LogP contribution is 2.33. The van der Waals surface area contributed by atoms with E-state index in [0.717, 1.165) is 26.2 Å². The van der Waals surface area contributed by atoms with Gasteiger partial charge in [0.25, 0.3) is 0 Å². The molecule has 106 valence electrons. The van der Waals surface area contributed by atoms with E-state index < -0.39 is 0 Å². The topological polar surface area (TPSA) is 18.5 Å². The summed E-state index contributed by atoms with van der Waals surface area (Å²) in [5, 5.41) is 0.124. The zero-order valence-electron chi connectivity index (χ0n) is 12.0. The van der Waals surface area contributed by atoms with Gasteiger partial charge in [0.15, 0.2) is 0 Å². The number of ether oxygens (including phenoxy) is 2. The molecular weight excluding hydrogens is 379 g/mol. The van der Waals surface area contributed by atoms with Crippen molar-refractivity contribution in [3.8, 4) is 11.5 Å². The minimum atomic E-state index is 0.124. The first-order valence-electron chi connectivity index (χ1n) is 6.49. The summed E-state index contributed by atoms with van der Waals surface area (Å²) in [4.78, 5) is 0. The maximum absolute atomic E-state index is 5.24. The molecule has 2 aromatic rings. The van der Waals surface area contributed by atoms with Crippen molar-refractivity contribution >= 4 is 32.8 Å². The van der Waals surface area contributed by atoms with Crippen molar-refractivity contribution in [1.82, 2.24) is 0 Å². The molecule has 0 aliphatic heterocycles. The van der Waals surface area contributed by atoms with E-state index in [-0.39, 0.29) is 5.04 Å². The fourth-order valence-electron chi connectivity index (χ4n) is 2.24. The molecule has 0 fully saturated rings. The fourth-order valence-corrected chi connectivity index (χ4v) is 3.79. The monoisotopic (exact) mass is 398 g/mol. The third kappa shape index (κ3) is 3.01. The molecule has 0 radical (unpaired) electrons. The van der Waals surface area contributed by atoms with Gasteiger partial charge in [0, 0.05) is 19.7 Å². The van der Waals surface area contributed by atoms with Crippen LogP contribution >= 0.6 is 22.6 Å². The molecule has 0 bridgehead atoms. The molecule has 0 spiro atoms. The van der Waals surface area contributed by atoms with E-state index in [4.69, 9.17) is 9.47 Å². The molecule has 2 nitrogen and oxygen atoms in total. The number of hydrogen-bond acceptors (Lipinski definition) is 2. The number of halogens is 1. The quantitative estimate of drug-likeness (QED) is 0.438. The first-order chi connectivity index (χ1) is 9.63. The molecule has 0 N–H and O–H groups in total. The van der Waals surface area contributed by atoms with Crippen LogP contribution < -0.4 is 9.47 Å². The summed E-state index contributed by atoms with van der Waals surface area (Å²) in [7, 11) is 4.45. The molecule has 0 heterocycles. The Balaban J connectivity index is 2.39. The molecule has 0 unspecified atom stereocenters. The second-order valence-electron chi connectivity index (χ2n) is 4.92. The molecule has 2 aromatic carbocycles. The molecule has 4 heteroatoms. The average molecular weight is 398 g/mol. The number of rotatable bonds is 5. The predicted octanol–water partition coefficient (Wildman–Crippen LogP) is 2.75. The molecule has 0 saturated carbocycles. The normalized spacial score (nSPS) is 11.3. The zero-order valence-corrected chi connectivity index (χ0v) is 16.2. The molecular formula is C16H19IO2Si. The van der Waals surface area contributed by atoms with E-state index in [1.54, 1.807) is 14.2 Å². The molecule has 0 atom stereocenters. The molecule has 0 aliphatic rings. The molecule has 0 aliphatic carbocycles. The van der Waals surface area contributed by atoms with Gasteiger partial charge in [-0.15, -0.1) is 0 Å². The van der Waals surface area contributed by atoms with Gasteiger partial charge in [-0.25, -0.2) is 0 Å². The highest BCUT2D eigenvalue weighted by Gasteiger charge is 2.27. The lowest BCUT2D eigenvalue weighted by molar-refractivity contribution is 0.414. The van der Waals surface area contributed by atoms with E-state index in [2.05, 4.69) is 46.9 Å². The highest BCUT2D eigenvalue weighted by molar-refractivity contribution is 14.1. The van der Waals surface area contributed by atoms with Crippen molar-refractivity contribution in [2.24, 2.45) is 0 Å². The van der Waals surface area contributed by atoms with Crippen LogP contribution in [-0.2, 0) is 5.04 Å². The minimum Gasteiger partial charge on any atom is -0.497 e. The number of hydrogen-bond donors (Lipinski definition) is 0. The smallest absolute Gasteiger partial charge is 0.118 e. The van der Waals surface area contributed by atoms with Crippen molar-refractivity contribution in [3.05, 3.63) is 59.7 Å². The maximum Gasteiger partial charge on any atom is 0.118 e. The third-order valence-corrected chi connectivity index (χ3v) is 8.19. The Kier molecular flexibility index (Phi) is 5.09. The third-order valence-electron chi connectivity index (χ3n) is 3.72. The van der Waals surface area contributed by atoms with Gasteiger partial charge in [0.1, 0.15) is 11.5 Å². The van der Waals surface area contributed by atoms with Crippen LogP contribution in [0.1, 0.15) is 11.1 Å². The molecule has 0 amide bonds. The lowest BCUT2D eigenvalue weighted by atomic mass is 9.91. The van der Waals surface area contributed by atoms with Crippen molar-refractivity contribution in [2.75, 3.05) is 18.6 Å². The Morgan fingerprint density at radius 1 is 0.850 bits per heavy atom. The van der Waals surface area contributed by atoms with Gasteiger partial charge >= 0.3 is 0 Å². The van der Waals surface area contributed by atoms with Crippen LogP contribution in [0.25, 0.3) is 0 Å². The Morgan fingerprint density at radius 3 is 1.45 bits per heavy atom. The second kappa shape index (κ2) is 6.63. The van der Waals surface area contributed by atoms with Gasteiger partial charge in [0.05, 0.1) is 14.2 Å². The zero-order chi connectivity index (χ0) is 14.6. The van der Waals surface area contributed by atoms with Gasteiger partial charge in [-0.05, 0) is 35.4 Å². The summed E-state index contributed by atoms with van der Waals surface area (Å²) in [6.07, 6.45) is 0. The number of alkyl halides is 1. The summed E-state index contributed by atoms with van der Waals surface area (Å²) in [6, 6.07) is 16.9. The van der Waals surface area contributed by atoms with Crippen LogP contribution in [0.15, 0.2) is 48.5 Å². The van der Waals surface area contributed by atoms with E-state index in [1.165, 1.54) is 11.1 Å². The van der Waals surface area contributed by atoms with Crippen LogP contribution in [0.4, 0.5) is 0 Å². The number of benzene rings is 2. The average Bonchev–Trinajstić information content (AvgIpc) is 2.54. The van der Waals surface area contributed by atoms with Crippen LogP contribution in [0.2, 0.25) is 0 Å². The van der Waals surface area contributed by atoms with Gasteiger partial charge in [-0.1, -0.05) is 46.9 Å². The van der Waals surface area contributed by atoms with Crippen LogP contribution in [0, 0.1) is 0 Å². The van der Waals surface area contributed by atoms with E-state index in [1.807, 2.05) is 24.3 Å². The van der Waals surface area contributed by atoms with Crippen molar-refractivity contribution in [2.45, 2.75) is 5.04 Å². The summed E-state index contributed by atoms with van der Waals surface area (Å²) < 4.78 is 11.6. The summed E-state index contributed by atoms with van der Waals surface area (Å²) >= 11 is 2.48. The molecule has 0 aromatic heterocycles. The van der Waals surface area contributed by atoms with Gasteiger partial charge < -0.3 is 9.47 Å².